The van der Waals surface area contributed by atoms with Crippen molar-refractivity contribution in [3.05, 3.63) is 33.9 Å². The summed E-state index contributed by atoms with van der Waals surface area (Å²) in [4.78, 5) is 33.1. The topological polar surface area (TPSA) is 136 Å². The maximum Gasteiger partial charge on any atom is 0.326 e. The Labute approximate surface area is 121 Å². The average Bonchev–Trinajstić information content (AvgIpc) is 2.42. The van der Waals surface area contributed by atoms with Gasteiger partial charge in [-0.05, 0) is 18.6 Å². The monoisotopic (exact) mass is 295 g/mol. The molecule has 1 unspecified atom stereocenters. The van der Waals surface area contributed by atoms with Crippen molar-refractivity contribution in [1.29, 1.82) is 0 Å². The summed E-state index contributed by atoms with van der Waals surface area (Å²) in [6.07, 6.45) is 1.75. The lowest BCUT2D eigenvalue weighted by Crippen LogP contribution is -2.40. The van der Waals surface area contributed by atoms with E-state index in [9.17, 15) is 19.7 Å². The summed E-state index contributed by atoms with van der Waals surface area (Å²) in [6, 6.07) is 2.57. The molecule has 0 radical (unpaired) electrons. The van der Waals surface area contributed by atoms with Crippen molar-refractivity contribution >= 4 is 23.3 Å². The minimum absolute atomic E-state index is 0.00125. The van der Waals surface area contributed by atoms with Gasteiger partial charge in [-0.15, -0.1) is 0 Å². The van der Waals surface area contributed by atoms with E-state index < -0.39 is 22.8 Å². The van der Waals surface area contributed by atoms with E-state index in [4.69, 9.17) is 10.8 Å². The quantitative estimate of drug-likeness (QED) is 0.396. The third-order valence-corrected chi connectivity index (χ3v) is 2.94. The zero-order valence-corrected chi connectivity index (χ0v) is 11.5. The van der Waals surface area contributed by atoms with Gasteiger partial charge in [-0.2, -0.15) is 0 Å². The third-order valence-electron chi connectivity index (χ3n) is 2.94. The third kappa shape index (κ3) is 4.44. The summed E-state index contributed by atoms with van der Waals surface area (Å²) >= 11 is 0. The maximum absolute atomic E-state index is 12.0. The Morgan fingerprint density at radius 3 is 2.67 bits per heavy atom. The molecule has 1 atom stereocenters. The van der Waals surface area contributed by atoms with Gasteiger partial charge in [0.05, 0.1) is 4.92 Å². The summed E-state index contributed by atoms with van der Waals surface area (Å²) in [5, 5.41) is 22.2. The number of carboxylic acid groups (broad SMARTS) is 1. The van der Waals surface area contributed by atoms with Crippen LogP contribution in [0.15, 0.2) is 18.2 Å². The molecule has 0 saturated carbocycles. The lowest BCUT2D eigenvalue weighted by molar-refractivity contribution is -0.383. The molecular formula is C13H17N3O5. The van der Waals surface area contributed by atoms with E-state index in [0.29, 0.717) is 12.8 Å². The normalized spacial score (nSPS) is 11.7. The van der Waals surface area contributed by atoms with Crippen LogP contribution in [0.2, 0.25) is 0 Å². The minimum atomic E-state index is -1.14. The van der Waals surface area contributed by atoms with Gasteiger partial charge in [-0.3, -0.25) is 14.9 Å². The van der Waals surface area contributed by atoms with Gasteiger partial charge in [0.25, 0.3) is 11.6 Å². The number of nitrogens with two attached hydrogens (primary N) is 1. The summed E-state index contributed by atoms with van der Waals surface area (Å²) in [5.74, 6) is -1.82. The van der Waals surface area contributed by atoms with Gasteiger partial charge in [-0.1, -0.05) is 19.8 Å². The van der Waals surface area contributed by atoms with E-state index in [1.165, 1.54) is 12.1 Å². The molecule has 0 aliphatic heterocycles. The fourth-order valence-corrected chi connectivity index (χ4v) is 1.75. The standard InChI is InChI=1S/C13H17N3O5/c1-2-3-4-10(13(18)19)15-12(17)8-5-6-9(14)11(7-8)16(20)21/h5-7,10H,2-4,14H2,1H3,(H,15,17)(H,18,19). The molecule has 0 aromatic heterocycles. The van der Waals surface area contributed by atoms with Crippen molar-refractivity contribution in [2.24, 2.45) is 0 Å². The van der Waals surface area contributed by atoms with Crippen LogP contribution in [0.5, 0.6) is 0 Å². The largest absolute Gasteiger partial charge is 0.480 e. The molecule has 21 heavy (non-hydrogen) atoms. The molecular weight excluding hydrogens is 278 g/mol. The van der Waals surface area contributed by atoms with Gasteiger partial charge < -0.3 is 16.2 Å². The number of anilines is 1. The second-order valence-corrected chi connectivity index (χ2v) is 4.54. The highest BCUT2D eigenvalue weighted by Crippen LogP contribution is 2.22. The number of nitrogens with one attached hydrogen (secondary N) is 1. The zero-order chi connectivity index (χ0) is 16.0. The average molecular weight is 295 g/mol. The van der Waals surface area contributed by atoms with E-state index in [1.807, 2.05) is 6.92 Å². The SMILES string of the molecule is CCCCC(NC(=O)c1ccc(N)c([N+](=O)[O-])c1)C(=O)O. The van der Waals surface area contributed by atoms with Crippen molar-refractivity contribution in [1.82, 2.24) is 5.32 Å². The summed E-state index contributed by atoms with van der Waals surface area (Å²) < 4.78 is 0. The minimum Gasteiger partial charge on any atom is -0.480 e. The molecule has 1 aromatic carbocycles. The Balaban J connectivity index is 2.90. The number of rotatable bonds is 7. The Hall–Kier alpha value is -2.64. The van der Waals surface area contributed by atoms with Crippen LogP contribution < -0.4 is 11.1 Å². The van der Waals surface area contributed by atoms with Crippen LogP contribution in [0.3, 0.4) is 0 Å². The summed E-state index contributed by atoms with van der Waals surface area (Å²) in [7, 11) is 0. The fraction of sp³-hybridized carbons (Fsp3) is 0.385. The number of nitro benzene ring substituents is 1. The van der Waals surface area contributed by atoms with Crippen molar-refractivity contribution in [2.45, 2.75) is 32.2 Å². The highest BCUT2D eigenvalue weighted by Gasteiger charge is 2.22. The molecule has 0 fully saturated rings. The van der Waals surface area contributed by atoms with Crippen molar-refractivity contribution in [3.8, 4) is 0 Å². The second kappa shape index (κ2) is 7.22. The first-order valence-electron chi connectivity index (χ1n) is 6.44. The number of carboxylic acids is 1. The summed E-state index contributed by atoms with van der Waals surface area (Å²) in [5.41, 5.74) is 4.99. The predicted molar refractivity (Wildman–Crippen MR) is 75.9 cm³/mol. The van der Waals surface area contributed by atoms with Crippen LogP contribution in [0.1, 0.15) is 36.5 Å². The van der Waals surface area contributed by atoms with Crippen LogP contribution in [-0.2, 0) is 4.79 Å². The predicted octanol–water partition coefficient (Wildman–Crippen LogP) is 1.55. The number of nitro groups is 1. The zero-order valence-electron chi connectivity index (χ0n) is 11.5. The maximum atomic E-state index is 12.0. The van der Waals surface area contributed by atoms with Gasteiger partial charge in [0.15, 0.2) is 0 Å². The number of aliphatic carboxylic acids is 1. The first-order valence-corrected chi connectivity index (χ1v) is 6.44. The Kier molecular flexibility index (Phi) is 5.65. The molecule has 114 valence electrons. The van der Waals surface area contributed by atoms with Crippen molar-refractivity contribution in [3.63, 3.8) is 0 Å². The van der Waals surface area contributed by atoms with E-state index >= 15 is 0 Å². The second-order valence-electron chi connectivity index (χ2n) is 4.54. The molecule has 0 bridgehead atoms. The van der Waals surface area contributed by atoms with Gasteiger partial charge in [0.1, 0.15) is 11.7 Å². The van der Waals surface area contributed by atoms with Crippen LogP contribution in [-0.4, -0.2) is 27.9 Å². The van der Waals surface area contributed by atoms with E-state index in [2.05, 4.69) is 5.32 Å². The number of nitrogen functional groups attached to an aromatic ring is 1. The van der Waals surface area contributed by atoms with Gasteiger partial charge >= 0.3 is 5.97 Å². The van der Waals surface area contributed by atoms with Gasteiger partial charge in [-0.25, -0.2) is 4.79 Å². The molecule has 8 nitrogen and oxygen atoms in total. The van der Waals surface area contributed by atoms with Crippen molar-refractivity contribution in [2.75, 3.05) is 5.73 Å². The molecule has 1 aromatic rings. The number of carbonyl (C=O) groups excluding carboxylic acids is 1. The van der Waals surface area contributed by atoms with Crippen LogP contribution in [0.25, 0.3) is 0 Å². The van der Waals surface area contributed by atoms with E-state index in [0.717, 1.165) is 12.5 Å². The lowest BCUT2D eigenvalue weighted by Gasteiger charge is -2.14. The molecule has 0 aliphatic carbocycles. The Morgan fingerprint density at radius 1 is 1.48 bits per heavy atom. The smallest absolute Gasteiger partial charge is 0.326 e. The highest BCUT2D eigenvalue weighted by atomic mass is 16.6. The van der Waals surface area contributed by atoms with Gasteiger partial charge in [0, 0.05) is 11.6 Å². The number of hydrogen-bond acceptors (Lipinski definition) is 5. The Bertz CT molecular complexity index is 559. The van der Waals surface area contributed by atoms with Crippen LogP contribution in [0, 0.1) is 10.1 Å². The van der Waals surface area contributed by atoms with E-state index in [-0.39, 0.29) is 16.9 Å². The van der Waals surface area contributed by atoms with Crippen molar-refractivity contribution < 1.29 is 19.6 Å². The highest BCUT2D eigenvalue weighted by molar-refractivity contribution is 5.97. The molecule has 0 saturated heterocycles. The molecule has 1 rings (SSSR count). The first kappa shape index (κ1) is 16.4. The van der Waals surface area contributed by atoms with Crippen LogP contribution >= 0.6 is 0 Å². The van der Waals surface area contributed by atoms with Gasteiger partial charge in [0.2, 0.25) is 0 Å². The number of unbranched alkanes of at least 4 members (excludes halogenated alkanes) is 1. The Morgan fingerprint density at radius 2 is 2.14 bits per heavy atom. The number of nitrogens with zero attached hydrogens (tertiary/aromatic N) is 1. The fourth-order valence-electron chi connectivity index (χ4n) is 1.75. The molecule has 0 heterocycles. The summed E-state index contributed by atoms with van der Waals surface area (Å²) in [6.45, 7) is 1.91. The molecule has 8 heteroatoms. The first-order chi connectivity index (χ1) is 9.86. The molecule has 0 spiro atoms. The number of hydrogen-bond donors (Lipinski definition) is 3. The molecule has 4 N–H and O–H groups in total. The molecule has 0 aliphatic rings. The van der Waals surface area contributed by atoms with Crippen LogP contribution in [0.4, 0.5) is 11.4 Å². The number of amides is 1. The van der Waals surface area contributed by atoms with E-state index in [1.54, 1.807) is 0 Å². The lowest BCUT2D eigenvalue weighted by atomic mass is 10.1. The number of benzene rings is 1. The molecule has 1 amide bonds. The number of carbonyl (C=O) groups is 2.